The van der Waals surface area contributed by atoms with Gasteiger partial charge in [-0.25, -0.2) is 0 Å². The Morgan fingerprint density at radius 2 is 1.96 bits per heavy atom. The molecule has 9 nitrogen and oxygen atoms in total. The molecule has 0 aliphatic heterocycles. The number of nitrogens with two attached hydrogens (primary N) is 4. The fraction of sp³-hybridized carbons (Fsp3) is 0.400. The first kappa shape index (κ1) is 21.0. The van der Waals surface area contributed by atoms with Gasteiger partial charge in [-0.05, 0) is 59.5 Å². The van der Waals surface area contributed by atoms with Gasteiger partial charge in [0.15, 0.2) is 5.96 Å². The molecule has 1 aromatic rings. The van der Waals surface area contributed by atoms with Crippen LogP contribution in [0, 0.1) is 3.57 Å². The van der Waals surface area contributed by atoms with Crippen molar-refractivity contribution in [3.8, 4) is 5.75 Å². The first-order valence-electron chi connectivity index (χ1n) is 7.58. The summed E-state index contributed by atoms with van der Waals surface area (Å²) in [5.41, 5.74) is 22.4. The first-order chi connectivity index (χ1) is 11.7. The van der Waals surface area contributed by atoms with Crippen LogP contribution in [0.3, 0.4) is 0 Å². The number of phenolic OH excluding ortho intramolecular Hbond substituents is 1. The molecule has 0 aliphatic carbocycles. The average molecular weight is 462 g/mol. The number of hydrogen-bond acceptors (Lipinski definition) is 5. The van der Waals surface area contributed by atoms with Crippen LogP contribution in [-0.2, 0) is 16.0 Å². The molecule has 2 atom stereocenters. The van der Waals surface area contributed by atoms with Gasteiger partial charge in [-0.1, -0.05) is 6.07 Å². The van der Waals surface area contributed by atoms with Gasteiger partial charge in [0, 0.05) is 6.54 Å². The van der Waals surface area contributed by atoms with E-state index in [1.54, 1.807) is 12.1 Å². The summed E-state index contributed by atoms with van der Waals surface area (Å²) in [6, 6.07) is 3.28. The second kappa shape index (κ2) is 10.0. The van der Waals surface area contributed by atoms with Gasteiger partial charge in [0.1, 0.15) is 11.8 Å². The van der Waals surface area contributed by atoms with Crippen LogP contribution in [0.25, 0.3) is 0 Å². The predicted molar refractivity (Wildman–Crippen MR) is 104 cm³/mol. The van der Waals surface area contributed by atoms with Crippen molar-refractivity contribution >= 4 is 40.4 Å². The van der Waals surface area contributed by atoms with E-state index in [1.807, 2.05) is 22.6 Å². The zero-order valence-electron chi connectivity index (χ0n) is 13.6. The van der Waals surface area contributed by atoms with E-state index < -0.39 is 23.9 Å². The van der Waals surface area contributed by atoms with Crippen LogP contribution in [0.2, 0.25) is 0 Å². The minimum atomic E-state index is -0.847. The van der Waals surface area contributed by atoms with Crippen molar-refractivity contribution in [1.82, 2.24) is 5.32 Å². The summed E-state index contributed by atoms with van der Waals surface area (Å²) in [5.74, 6) is -1.000. The third-order valence-corrected chi connectivity index (χ3v) is 4.27. The highest BCUT2D eigenvalue weighted by atomic mass is 127. The van der Waals surface area contributed by atoms with Gasteiger partial charge >= 0.3 is 0 Å². The Bertz CT molecular complexity index is 648. The number of nitrogens with zero attached hydrogens (tertiary/aromatic N) is 1. The summed E-state index contributed by atoms with van der Waals surface area (Å²) in [4.78, 5) is 27.5. The average Bonchev–Trinajstić information content (AvgIpc) is 2.53. The number of benzene rings is 1. The second-order valence-corrected chi connectivity index (χ2v) is 6.67. The minimum Gasteiger partial charge on any atom is -0.507 e. The second-order valence-electron chi connectivity index (χ2n) is 5.51. The van der Waals surface area contributed by atoms with Gasteiger partial charge in [-0.3, -0.25) is 14.6 Å². The highest BCUT2D eigenvalue weighted by Gasteiger charge is 2.22. The van der Waals surface area contributed by atoms with Crippen LogP contribution in [0.15, 0.2) is 23.2 Å². The maximum absolute atomic E-state index is 12.2. The van der Waals surface area contributed by atoms with E-state index in [1.165, 1.54) is 6.07 Å². The smallest absolute Gasteiger partial charge is 0.240 e. The number of rotatable bonds is 9. The van der Waals surface area contributed by atoms with Crippen molar-refractivity contribution in [2.75, 3.05) is 6.54 Å². The molecule has 1 rings (SSSR count). The Kier molecular flexibility index (Phi) is 8.41. The molecule has 0 radical (unpaired) electrons. The SMILES string of the molecule is NC(=O)[C@H](CCCN=C(N)N)NC(=O)[C@@H](N)Cc1ccc(O)c(I)c1. The van der Waals surface area contributed by atoms with Crippen molar-refractivity contribution in [3.63, 3.8) is 0 Å². The number of aromatic hydroxyl groups is 1. The van der Waals surface area contributed by atoms with Crippen LogP contribution < -0.4 is 28.3 Å². The third kappa shape index (κ3) is 7.56. The van der Waals surface area contributed by atoms with Crippen LogP contribution in [0.4, 0.5) is 0 Å². The number of nitrogens with one attached hydrogen (secondary N) is 1. The molecule has 0 aromatic heterocycles. The van der Waals surface area contributed by atoms with Crippen molar-refractivity contribution in [1.29, 1.82) is 0 Å². The van der Waals surface area contributed by atoms with Crippen molar-refractivity contribution < 1.29 is 14.7 Å². The van der Waals surface area contributed by atoms with Gasteiger partial charge in [-0.2, -0.15) is 0 Å². The Balaban J connectivity index is 2.58. The molecule has 10 N–H and O–H groups in total. The Morgan fingerprint density at radius 1 is 1.28 bits per heavy atom. The molecule has 0 aliphatic rings. The maximum Gasteiger partial charge on any atom is 0.240 e. The summed E-state index contributed by atoms with van der Waals surface area (Å²) in [6.45, 7) is 0.333. The molecule has 0 unspecified atom stereocenters. The molecule has 0 fully saturated rings. The number of hydrogen-bond donors (Lipinski definition) is 6. The molecule has 0 saturated heterocycles. The van der Waals surface area contributed by atoms with Gasteiger partial charge in [-0.15, -0.1) is 0 Å². The number of carbonyl (C=O) groups is 2. The Hall–Kier alpha value is -2.08. The van der Waals surface area contributed by atoms with E-state index in [0.29, 0.717) is 23.0 Å². The minimum absolute atomic E-state index is 0.0368. The number of primary amides is 1. The van der Waals surface area contributed by atoms with Crippen LogP contribution >= 0.6 is 22.6 Å². The molecule has 10 heteroatoms. The number of halogens is 1. The molecule has 138 valence electrons. The van der Waals surface area contributed by atoms with Crippen LogP contribution in [-0.4, -0.2) is 41.5 Å². The largest absolute Gasteiger partial charge is 0.507 e. The van der Waals surface area contributed by atoms with E-state index in [-0.39, 0.29) is 18.1 Å². The molecule has 0 bridgehead atoms. The molecule has 2 amide bonds. The molecule has 0 heterocycles. The van der Waals surface area contributed by atoms with Crippen LogP contribution in [0.5, 0.6) is 5.75 Å². The third-order valence-electron chi connectivity index (χ3n) is 3.41. The Morgan fingerprint density at radius 3 is 2.52 bits per heavy atom. The number of carbonyl (C=O) groups excluding carboxylic acids is 2. The lowest BCUT2D eigenvalue weighted by atomic mass is 10.0. The van der Waals surface area contributed by atoms with Gasteiger partial charge in [0.25, 0.3) is 0 Å². The molecule has 1 aromatic carbocycles. The highest BCUT2D eigenvalue weighted by molar-refractivity contribution is 14.1. The van der Waals surface area contributed by atoms with Crippen LogP contribution in [0.1, 0.15) is 18.4 Å². The number of guanidine groups is 1. The topological polar surface area (TPSA) is 183 Å². The van der Waals surface area contributed by atoms with E-state index in [9.17, 15) is 14.7 Å². The summed E-state index contributed by atoms with van der Waals surface area (Å²) in [6.07, 6.45) is 1.06. The van der Waals surface area contributed by atoms with Crippen molar-refractivity contribution in [2.24, 2.45) is 27.9 Å². The summed E-state index contributed by atoms with van der Waals surface area (Å²) >= 11 is 1.98. The fourth-order valence-electron chi connectivity index (χ4n) is 2.09. The van der Waals surface area contributed by atoms with E-state index in [4.69, 9.17) is 22.9 Å². The lowest BCUT2D eigenvalue weighted by Crippen LogP contribution is -2.51. The Labute approximate surface area is 159 Å². The standard InChI is InChI=1S/C15H23IN6O3/c16-9-6-8(3-4-12(9)23)7-10(17)14(25)22-11(13(18)24)2-1-5-21-15(19)20/h3-4,6,10-11,23H,1-2,5,7,17H2,(H2,18,24)(H,22,25)(H4,19,20,21)/t10-,11-/m0/s1. The molecule has 25 heavy (non-hydrogen) atoms. The number of amides is 2. The van der Waals surface area contributed by atoms with E-state index >= 15 is 0 Å². The monoisotopic (exact) mass is 462 g/mol. The molecular formula is C15H23IN6O3. The summed E-state index contributed by atoms with van der Waals surface area (Å²) < 4.78 is 0.664. The van der Waals surface area contributed by atoms with Gasteiger partial charge in [0.05, 0.1) is 9.61 Å². The summed E-state index contributed by atoms with van der Waals surface area (Å²) in [5, 5.41) is 12.1. The maximum atomic E-state index is 12.2. The van der Waals surface area contributed by atoms with E-state index in [2.05, 4.69) is 10.3 Å². The lowest BCUT2D eigenvalue weighted by molar-refractivity contribution is -0.128. The number of aliphatic imine (C=N–C) groups is 1. The molecule has 0 spiro atoms. The lowest BCUT2D eigenvalue weighted by Gasteiger charge is -2.18. The van der Waals surface area contributed by atoms with Gasteiger partial charge < -0.3 is 33.4 Å². The van der Waals surface area contributed by atoms with E-state index in [0.717, 1.165) is 5.56 Å². The van der Waals surface area contributed by atoms with Crippen molar-refractivity contribution in [3.05, 3.63) is 27.3 Å². The first-order valence-corrected chi connectivity index (χ1v) is 8.66. The zero-order chi connectivity index (χ0) is 19.0. The van der Waals surface area contributed by atoms with Crippen molar-refractivity contribution in [2.45, 2.75) is 31.3 Å². The normalized spacial score (nSPS) is 12.9. The quantitative estimate of drug-likeness (QED) is 0.117. The zero-order valence-corrected chi connectivity index (χ0v) is 15.8. The molecular weight excluding hydrogens is 439 g/mol. The van der Waals surface area contributed by atoms with Gasteiger partial charge in [0.2, 0.25) is 11.8 Å². The summed E-state index contributed by atoms with van der Waals surface area (Å²) in [7, 11) is 0. The predicted octanol–water partition coefficient (Wildman–Crippen LogP) is -1.11. The highest BCUT2D eigenvalue weighted by Crippen LogP contribution is 2.20. The number of phenols is 1. The fourth-order valence-corrected chi connectivity index (χ4v) is 2.67. The molecule has 0 saturated carbocycles.